The number of carbonyl (C=O) groups excluding carboxylic acids is 2. The third kappa shape index (κ3) is 27.0. The van der Waals surface area contributed by atoms with Gasteiger partial charge in [-0.25, -0.2) is 18.8 Å². The van der Waals surface area contributed by atoms with E-state index in [-0.39, 0.29) is 38.4 Å². The first-order chi connectivity index (χ1) is 37.6. The number of esters is 1. The monoisotopic (exact) mass is 1110 g/mol. The number of benzene rings is 2. The van der Waals surface area contributed by atoms with Crippen LogP contribution in [0.1, 0.15) is 43.0 Å². The van der Waals surface area contributed by atoms with Crippen LogP contribution < -0.4 is 21.1 Å². The zero-order valence-corrected chi connectivity index (χ0v) is 44.3. The van der Waals surface area contributed by atoms with Gasteiger partial charge in [-0.05, 0) is 48.6 Å². The summed E-state index contributed by atoms with van der Waals surface area (Å²) in [6.07, 6.45) is 3.29. The number of nitrogens with zero attached hydrogens (tertiary/aromatic N) is 4. The minimum absolute atomic E-state index is 0.0153. The topological polar surface area (TPSA) is 237 Å². The lowest BCUT2D eigenvalue weighted by molar-refractivity contribution is -0.136. The van der Waals surface area contributed by atoms with Crippen molar-refractivity contribution in [2.45, 2.75) is 32.6 Å². The SMILES string of the molecule is CCCN(CCCN/C(=N\c1cccc(C#N)c1)NCCOCCOCCOCCOCCOCCOCCOCCOCCOCCOCCC(=O)Oc1c(F)c(F)cc(F)c1F)C(=O)C1=Cc2sccc2N=C(N)C1. The maximum absolute atomic E-state index is 13.6. The van der Waals surface area contributed by atoms with Crippen LogP contribution in [0, 0.1) is 34.6 Å². The minimum Gasteiger partial charge on any atom is -0.420 e. The predicted molar refractivity (Wildman–Crippen MR) is 279 cm³/mol. The lowest BCUT2D eigenvalue weighted by Crippen LogP contribution is -2.41. The van der Waals surface area contributed by atoms with E-state index in [0.29, 0.717) is 173 Å². The summed E-state index contributed by atoms with van der Waals surface area (Å²) in [4.78, 5) is 37.3. The summed E-state index contributed by atoms with van der Waals surface area (Å²) in [5.74, 6) is -8.63. The summed E-state index contributed by atoms with van der Waals surface area (Å²) < 4.78 is 113. The molecule has 1 aromatic heterocycles. The van der Waals surface area contributed by atoms with Crippen LogP contribution in [0.25, 0.3) is 6.08 Å². The zero-order valence-electron chi connectivity index (χ0n) is 43.5. The van der Waals surface area contributed by atoms with Crippen molar-refractivity contribution in [3.8, 4) is 11.8 Å². The van der Waals surface area contributed by atoms with E-state index in [1.54, 1.807) is 18.2 Å². The van der Waals surface area contributed by atoms with Crippen LogP contribution in [0.3, 0.4) is 0 Å². The van der Waals surface area contributed by atoms with Crippen LogP contribution in [-0.2, 0) is 57.0 Å². The van der Waals surface area contributed by atoms with Crippen LogP contribution in [0.5, 0.6) is 5.75 Å². The van der Waals surface area contributed by atoms with Crippen molar-refractivity contribution >= 4 is 52.5 Å². The Kier molecular flexibility index (Phi) is 32.9. The Labute approximate surface area is 450 Å². The van der Waals surface area contributed by atoms with E-state index in [1.165, 1.54) is 11.3 Å². The quantitative estimate of drug-likeness (QED) is 0.0119. The number of aliphatic imine (C=N–C) groups is 2. The molecule has 2 aromatic carbocycles. The first-order valence-corrected chi connectivity index (χ1v) is 26.3. The van der Waals surface area contributed by atoms with Crippen molar-refractivity contribution in [2.75, 3.05) is 158 Å². The second-order valence-corrected chi connectivity index (χ2v) is 17.3. The molecule has 3 aromatic rings. The number of nitrogens with one attached hydrogen (secondary N) is 2. The van der Waals surface area contributed by atoms with E-state index in [4.69, 9.17) is 58.1 Å². The van der Waals surface area contributed by atoms with Gasteiger partial charge >= 0.3 is 5.97 Å². The largest absolute Gasteiger partial charge is 0.420 e. The molecule has 0 bridgehead atoms. The number of ether oxygens (including phenoxy) is 11. The summed E-state index contributed by atoms with van der Waals surface area (Å²) in [6, 6.07) is 11.1. The number of nitriles is 1. The summed E-state index contributed by atoms with van der Waals surface area (Å²) in [7, 11) is 0. The Morgan fingerprint density at radius 1 is 0.701 bits per heavy atom. The molecular weight excluding hydrogens is 1040 g/mol. The number of amides is 1. The molecule has 1 aliphatic heterocycles. The van der Waals surface area contributed by atoms with Gasteiger partial charge in [-0.3, -0.25) is 9.59 Å². The van der Waals surface area contributed by atoms with Gasteiger partial charge in [0, 0.05) is 44.2 Å². The third-order valence-corrected chi connectivity index (χ3v) is 11.3. The lowest BCUT2D eigenvalue weighted by atomic mass is 10.1. The number of halogens is 4. The van der Waals surface area contributed by atoms with Crippen molar-refractivity contribution in [2.24, 2.45) is 15.7 Å². The Hall–Kier alpha value is -5.63. The van der Waals surface area contributed by atoms with E-state index >= 15 is 0 Å². The van der Waals surface area contributed by atoms with E-state index < -0.39 is 41.4 Å². The molecule has 0 saturated carbocycles. The number of hydrogen-bond donors (Lipinski definition) is 3. The van der Waals surface area contributed by atoms with Crippen molar-refractivity contribution in [1.82, 2.24) is 15.5 Å². The summed E-state index contributed by atoms with van der Waals surface area (Å²) in [5.41, 5.74) is 8.70. The molecule has 426 valence electrons. The average Bonchev–Trinajstić information content (AvgIpc) is 3.79. The Bertz CT molecular complexity index is 2300. The molecule has 77 heavy (non-hydrogen) atoms. The number of hydrogen-bond acceptors (Lipinski definition) is 18. The highest BCUT2D eigenvalue weighted by molar-refractivity contribution is 7.11. The lowest BCUT2D eigenvalue weighted by Gasteiger charge is -2.24. The number of amidine groups is 1. The number of carbonyl (C=O) groups is 2. The van der Waals surface area contributed by atoms with Gasteiger partial charge in [-0.15, -0.1) is 11.3 Å². The fraction of sp³-hybridized carbons (Fsp3) is 0.558. The van der Waals surface area contributed by atoms with Gasteiger partial charge in [0.2, 0.25) is 23.3 Å². The predicted octanol–water partition coefficient (Wildman–Crippen LogP) is 5.61. The van der Waals surface area contributed by atoms with Crippen molar-refractivity contribution < 1.29 is 79.3 Å². The van der Waals surface area contributed by atoms with Crippen LogP contribution >= 0.6 is 11.3 Å². The van der Waals surface area contributed by atoms with Gasteiger partial charge in [0.1, 0.15) is 5.84 Å². The van der Waals surface area contributed by atoms with Crippen molar-refractivity contribution in [1.29, 1.82) is 5.26 Å². The summed E-state index contributed by atoms with van der Waals surface area (Å²) in [6.45, 7) is 11.0. The average molecular weight is 1110 g/mol. The highest BCUT2D eigenvalue weighted by atomic mass is 32.1. The number of rotatable bonds is 42. The second kappa shape index (κ2) is 39.7. The summed E-state index contributed by atoms with van der Waals surface area (Å²) >= 11 is 1.53. The van der Waals surface area contributed by atoms with Crippen LogP contribution in [0.15, 0.2) is 57.3 Å². The molecule has 25 heteroatoms. The van der Waals surface area contributed by atoms with E-state index in [2.05, 4.69) is 26.4 Å². The normalized spacial score (nSPS) is 12.4. The molecule has 20 nitrogen and oxygen atoms in total. The van der Waals surface area contributed by atoms with Gasteiger partial charge in [0.15, 0.2) is 17.6 Å². The molecule has 0 spiro atoms. The Balaban J connectivity index is 0.888. The van der Waals surface area contributed by atoms with Gasteiger partial charge in [0.05, 0.1) is 166 Å². The van der Waals surface area contributed by atoms with E-state index in [0.717, 1.165) is 17.0 Å². The van der Waals surface area contributed by atoms with Gasteiger partial charge in [-0.2, -0.15) is 14.0 Å². The molecule has 2 heterocycles. The molecule has 0 unspecified atom stereocenters. The smallest absolute Gasteiger partial charge is 0.313 e. The highest BCUT2D eigenvalue weighted by Crippen LogP contribution is 2.32. The van der Waals surface area contributed by atoms with Crippen molar-refractivity contribution in [3.63, 3.8) is 0 Å². The molecule has 0 atom stereocenters. The maximum Gasteiger partial charge on any atom is 0.313 e. The molecular formula is C52H71F4N7O13S. The fourth-order valence-electron chi connectivity index (χ4n) is 6.71. The summed E-state index contributed by atoms with van der Waals surface area (Å²) in [5, 5.41) is 18.0. The molecule has 0 radical (unpaired) electrons. The highest BCUT2D eigenvalue weighted by Gasteiger charge is 2.24. The molecule has 0 aliphatic carbocycles. The number of guanidine groups is 1. The van der Waals surface area contributed by atoms with Crippen LogP contribution in [0.2, 0.25) is 0 Å². The fourth-order valence-corrected chi connectivity index (χ4v) is 7.50. The molecule has 0 saturated heterocycles. The maximum atomic E-state index is 13.6. The number of nitrogens with two attached hydrogens (primary N) is 1. The first-order valence-electron chi connectivity index (χ1n) is 25.4. The van der Waals surface area contributed by atoms with E-state index in [1.807, 2.05) is 35.4 Å². The molecule has 1 aliphatic rings. The Morgan fingerprint density at radius 2 is 1.21 bits per heavy atom. The zero-order chi connectivity index (χ0) is 55.1. The van der Waals surface area contributed by atoms with Crippen LogP contribution in [0.4, 0.5) is 28.9 Å². The third-order valence-electron chi connectivity index (χ3n) is 10.4. The second-order valence-electron chi connectivity index (χ2n) is 16.4. The van der Waals surface area contributed by atoms with Crippen LogP contribution in [-0.4, -0.2) is 187 Å². The molecule has 4 rings (SSSR count). The number of fused-ring (bicyclic) bond motifs is 1. The standard InChI is InChI=1S/C52H71F4N7O13S/c1-2-11-63(51(65)40-35-45-44(8-33-77-45)62-46(58)36-40)12-4-9-59-52(61-41-6-3-5-39(34-41)38-57)60-10-14-67-16-18-69-20-22-71-24-26-73-28-30-75-32-31-74-29-27-72-25-23-70-21-19-68-17-15-66-13-7-47(64)76-50-48(55)42(53)37-43(54)49(50)56/h3,5-6,8,33-35,37H,2,4,7,9-32,36H2,1H3,(H2,58,62)(H2,59,60,61). The molecule has 0 fully saturated rings. The van der Waals surface area contributed by atoms with Gasteiger partial charge in [0.25, 0.3) is 0 Å². The number of thiophene rings is 1. The molecule has 1 amide bonds. The van der Waals surface area contributed by atoms with Gasteiger partial charge in [-0.1, -0.05) is 13.0 Å². The van der Waals surface area contributed by atoms with Crippen molar-refractivity contribution in [3.05, 3.63) is 81.1 Å². The first kappa shape index (κ1) is 63.9. The van der Waals surface area contributed by atoms with Gasteiger partial charge < -0.3 is 73.4 Å². The Morgan fingerprint density at radius 3 is 1.73 bits per heavy atom. The molecule has 4 N–H and O–H groups in total. The van der Waals surface area contributed by atoms with E-state index in [9.17, 15) is 32.4 Å². The minimum atomic E-state index is -1.80.